The van der Waals surface area contributed by atoms with Gasteiger partial charge in [0.25, 0.3) is 11.8 Å². The molecule has 1 unspecified atom stereocenters. The first-order chi connectivity index (χ1) is 14.0. The summed E-state index contributed by atoms with van der Waals surface area (Å²) in [6.07, 6.45) is -0.327. The molecule has 2 aromatic rings. The predicted octanol–water partition coefficient (Wildman–Crippen LogP) is 5.60. The predicted molar refractivity (Wildman–Crippen MR) is 118 cm³/mol. The first-order valence-electron chi connectivity index (χ1n) is 10.3. The molecule has 0 saturated heterocycles. The molecule has 29 heavy (non-hydrogen) atoms. The molecule has 5 heteroatoms. The van der Waals surface area contributed by atoms with Gasteiger partial charge >= 0.3 is 0 Å². The highest BCUT2D eigenvalue weighted by atomic mass is 28.4. The van der Waals surface area contributed by atoms with Crippen LogP contribution < -0.4 is 0 Å². The van der Waals surface area contributed by atoms with E-state index in [1.54, 1.807) is 24.3 Å². The van der Waals surface area contributed by atoms with E-state index < -0.39 is 8.32 Å². The largest absolute Gasteiger partial charge is 0.406 e. The molecule has 0 aromatic heterocycles. The van der Waals surface area contributed by atoms with Gasteiger partial charge in [-0.05, 0) is 41.4 Å². The molecule has 0 spiro atoms. The molecule has 0 saturated carbocycles. The summed E-state index contributed by atoms with van der Waals surface area (Å²) in [5, 5.41) is 0. The van der Waals surface area contributed by atoms with Crippen LogP contribution in [0.5, 0.6) is 0 Å². The molecule has 3 rings (SSSR count). The fraction of sp³-hybridized carbons (Fsp3) is 0.333. The number of amides is 2. The maximum atomic E-state index is 12.8. The lowest BCUT2D eigenvalue weighted by Crippen LogP contribution is -2.39. The highest BCUT2D eigenvalue weighted by molar-refractivity contribution is 6.73. The summed E-state index contributed by atoms with van der Waals surface area (Å²) in [7, 11) is -1.93. The molecular weight excluding hydrogens is 378 g/mol. The first-order valence-corrected chi connectivity index (χ1v) is 12.8. The van der Waals surface area contributed by atoms with Crippen molar-refractivity contribution in [2.45, 2.75) is 45.0 Å². The Balaban J connectivity index is 1.88. The van der Waals surface area contributed by atoms with Crippen molar-refractivity contribution in [3.05, 3.63) is 83.4 Å². The molecule has 1 aliphatic rings. The number of nitrogens with zero attached hydrogens (tertiary/aromatic N) is 1. The molecule has 1 heterocycles. The van der Waals surface area contributed by atoms with Gasteiger partial charge in [0, 0.05) is 0 Å². The molecule has 0 aliphatic carbocycles. The molecule has 2 amide bonds. The van der Waals surface area contributed by atoms with Gasteiger partial charge in [-0.1, -0.05) is 69.8 Å². The number of hydrogen-bond donors (Lipinski definition) is 0. The summed E-state index contributed by atoms with van der Waals surface area (Å²) in [4.78, 5) is 26.9. The van der Waals surface area contributed by atoms with Gasteiger partial charge < -0.3 is 4.43 Å². The van der Waals surface area contributed by atoms with E-state index >= 15 is 0 Å². The number of carbonyl (C=O) groups excluding carboxylic acids is 2. The average molecular weight is 408 g/mol. The zero-order valence-corrected chi connectivity index (χ0v) is 18.5. The fourth-order valence-corrected chi connectivity index (χ4v) is 6.74. The van der Waals surface area contributed by atoms with Gasteiger partial charge in [0.15, 0.2) is 8.32 Å². The maximum Gasteiger partial charge on any atom is 0.261 e. The van der Waals surface area contributed by atoms with E-state index in [1.165, 1.54) is 4.90 Å². The Bertz CT molecular complexity index is 862. The van der Waals surface area contributed by atoms with Gasteiger partial charge in [-0.25, -0.2) is 0 Å². The monoisotopic (exact) mass is 407 g/mol. The van der Waals surface area contributed by atoms with Crippen LogP contribution in [0.2, 0.25) is 18.1 Å². The van der Waals surface area contributed by atoms with Crippen LogP contribution in [-0.2, 0) is 4.43 Å². The third-order valence-corrected chi connectivity index (χ3v) is 10.6. The third kappa shape index (κ3) is 4.11. The minimum atomic E-state index is -1.93. The van der Waals surface area contributed by atoms with Crippen LogP contribution >= 0.6 is 0 Å². The SMILES string of the molecule is C=C(CN1C(=O)c2ccccc2C1=O)C(O[Si](CC)(CC)CC)c1ccccc1. The zero-order valence-electron chi connectivity index (χ0n) is 17.5. The fourth-order valence-electron chi connectivity index (χ4n) is 3.93. The van der Waals surface area contributed by atoms with E-state index in [0.29, 0.717) is 11.1 Å². The summed E-state index contributed by atoms with van der Waals surface area (Å²) < 4.78 is 6.78. The van der Waals surface area contributed by atoms with Crippen molar-refractivity contribution in [2.75, 3.05) is 6.54 Å². The topological polar surface area (TPSA) is 46.6 Å². The lowest BCUT2D eigenvalue weighted by atomic mass is 10.0. The molecular formula is C24H29NO3Si. The van der Waals surface area contributed by atoms with Crippen molar-refractivity contribution in [1.82, 2.24) is 4.90 Å². The zero-order chi connectivity index (χ0) is 21.0. The molecule has 0 N–H and O–H groups in total. The minimum Gasteiger partial charge on any atom is -0.406 e. The van der Waals surface area contributed by atoms with Crippen LogP contribution in [0.4, 0.5) is 0 Å². The third-order valence-electron chi connectivity index (χ3n) is 6.01. The van der Waals surface area contributed by atoms with Gasteiger partial charge in [0.1, 0.15) is 0 Å². The highest BCUT2D eigenvalue weighted by Crippen LogP contribution is 2.35. The van der Waals surface area contributed by atoms with E-state index in [2.05, 4.69) is 27.4 Å². The van der Waals surface area contributed by atoms with Gasteiger partial charge in [0.05, 0.1) is 23.8 Å². The van der Waals surface area contributed by atoms with Crippen LogP contribution in [-0.4, -0.2) is 31.6 Å². The molecule has 0 bridgehead atoms. The Kier molecular flexibility index (Phi) is 6.50. The minimum absolute atomic E-state index is 0.160. The van der Waals surface area contributed by atoms with Crippen LogP contribution in [0.3, 0.4) is 0 Å². The van der Waals surface area contributed by atoms with E-state index in [-0.39, 0.29) is 24.5 Å². The van der Waals surface area contributed by atoms with Crippen LogP contribution in [0.25, 0.3) is 0 Å². The van der Waals surface area contributed by atoms with E-state index in [1.807, 2.05) is 30.3 Å². The Morgan fingerprint density at radius 2 is 1.38 bits per heavy atom. The number of imide groups is 1. The quantitative estimate of drug-likeness (QED) is 0.309. The van der Waals surface area contributed by atoms with Gasteiger partial charge in [-0.2, -0.15) is 0 Å². The van der Waals surface area contributed by atoms with Crippen molar-refractivity contribution < 1.29 is 14.0 Å². The molecule has 0 radical (unpaired) electrons. The second-order valence-electron chi connectivity index (χ2n) is 7.55. The Hall–Kier alpha value is -2.50. The van der Waals surface area contributed by atoms with Crippen LogP contribution in [0.15, 0.2) is 66.7 Å². The lowest BCUT2D eigenvalue weighted by Gasteiger charge is -2.35. The van der Waals surface area contributed by atoms with E-state index in [4.69, 9.17) is 4.43 Å². The normalized spacial score (nSPS) is 14.8. The molecule has 152 valence electrons. The second-order valence-corrected chi connectivity index (χ2v) is 12.3. The average Bonchev–Trinajstić information content (AvgIpc) is 3.01. The van der Waals surface area contributed by atoms with Gasteiger partial charge in [0.2, 0.25) is 0 Å². The first kappa shape index (κ1) is 21.2. The molecule has 0 fully saturated rings. The van der Waals surface area contributed by atoms with Crippen molar-refractivity contribution in [3.63, 3.8) is 0 Å². The number of fused-ring (bicyclic) bond motifs is 1. The lowest BCUT2D eigenvalue weighted by molar-refractivity contribution is 0.0659. The number of hydrogen-bond acceptors (Lipinski definition) is 3. The van der Waals surface area contributed by atoms with E-state index in [9.17, 15) is 9.59 Å². The van der Waals surface area contributed by atoms with Gasteiger partial charge in [-0.15, -0.1) is 0 Å². The Labute approximate surface area is 174 Å². The number of benzene rings is 2. The smallest absolute Gasteiger partial charge is 0.261 e. The summed E-state index contributed by atoms with van der Waals surface area (Å²) in [5.74, 6) is -0.521. The highest BCUT2D eigenvalue weighted by Gasteiger charge is 2.38. The molecule has 1 atom stereocenters. The summed E-state index contributed by atoms with van der Waals surface area (Å²) in [5.41, 5.74) is 2.67. The molecule has 4 nitrogen and oxygen atoms in total. The summed E-state index contributed by atoms with van der Waals surface area (Å²) >= 11 is 0. The molecule has 1 aliphatic heterocycles. The number of carbonyl (C=O) groups is 2. The van der Waals surface area contributed by atoms with Crippen molar-refractivity contribution in [2.24, 2.45) is 0 Å². The van der Waals surface area contributed by atoms with Crippen molar-refractivity contribution >= 4 is 20.1 Å². The standard InChI is InChI=1S/C24H29NO3Si/c1-5-29(6-2,7-3)28-22(19-13-9-8-10-14-19)18(4)17-25-23(26)20-15-11-12-16-21(20)24(25)27/h8-16,22H,4-7,17H2,1-3H3. The van der Waals surface area contributed by atoms with Crippen LogP contribution in [0.1, 0.15) is 53.2 Å². The van der Waals surface area contributed by atoms with E-state index in [0.717, 1.165) is 29.3 Å². The number of rotatable bonds is 9. The van der Waals surface area contributed by atoms with Crippen molar-refractivity contribution in [1.29, 1.82) is 0 Å². The maximum absolute atomic E-state index is 12.8. The van der Waals surface area contributed by atoms with Gasteiger partial charge in [-0.3, -0.25) is 14.5 Å². The van der Waals surface area contributed by atoms with Crippen molar-refractivity contribution in [3.8, 4) is 0 Å². The van der Waals surface area contributed by atoms with Crippen LogP contribution in [0, 0.1) is 0 Å². The summed E-state index contributed by atoms with van der Waals surface area (Å²) in [6.45, 7) is 11.0. The second kappa shape index (κ2) is 8.89. The Morgan fingerprint density at radius 3 is 1.86 bits per heavy atom. The summed E-state index contributed by atoms with van der Waals surface area (Å²) in [6, 6.07) is 20.0. The molecule has 2 aromatic carbocycles. The Morgan fingerprint density at radius 1 is 0.897 bits per heavy atom.